The number of hydrogen-bond acceptors (Lipinski definition) is 2. The van der Waals surface area contributed by atoms with E-state index in [9.17, 15) is 5.26 Å². The number of aryl methyl sites for hydroxylation is 1. The van der Waals surface area contributed by atoms with Gasteiger partial charge in [-0.3, -0.25) is 0 Å². The summed E-state index contributed by atoms with van der Waals surface area (Å²) >= 11 is 0. The fourth-order valence-corrected chi connectivity index (χ4v) is 2.45. The molecule has 0 fully saturated rings. The van der Waals surface area contributed by atoms with Crippen LogP contribution >= 0.6 is 0 Å². The zero-order valence-corrected chi connectivity index (χ0v) is 13.1. The van der Waals surface area contributed by atoms with Crippen LogP contribution in [0.25, 0.3) is 0 Å². The molecule has 0 saturated carbocycles. The zero-order chi connectivity index (χ0) is 15.5. The fraction of sp³-hybridized carbons (Fsp3) is 0.316. The van der Waals surface area contributed by atoms with Gasteiger partial charge in [-0.1, -0.05) is 36.4 Å². The summed E-state index contributed by atoms with van der Waals surface area (Å²) < 4.78 is 0. The van der Waals surface area contributed by atoms with Gasteiger partial charge in [0, 0.05) is 11.7 Å². The summed E-state index contributed by atoms with van der Waals surface area (Å²) in [5.41, 5.74) is 4.26. The molecule has 1 unspecified atom stereocenters. The van der Waals surface area contributed by atoms with Gasteiger partial charge in [-0.05, 0) is 56.5 Å². The molecule has 0 aliphatic rings. The van der Waals surface area contributed by atoms with E-state index >= 15 is 0 Å². The highest BCUT2D eigenvalue weighted by Crippen LogP contribution is 2.26. The minimum Gasteiger partial charge on any atom is -0.379 e. The van der Waals surface area contributed by atoms with Crippen molar-refractivity contribution in [1.29, 1.82) is 5.26 Å². The van der Waals surface area contributed by atoms with Gasteiger partial charge in [0.15, 0.2) is 0 Å². The van der Waals surface area contributed by atoms with Crippen molar-refractivity contribution in [3.8, 4) is 6.07 Å². The summed E-state index contributed by atoms with van der Waals surface area (Å²) in [7, 11) is 0. The maximum Gasteiger partial charge on any atom is 0.0766 e. The monoisotopic (exact) mass is 278 g/mol. The molecule has 0 amide bonds. The third-order valence-corrected chi connectivity index (χ3v) is 3.92. The van der Waals surface area contributed by atoms with Crippen LogP contribution in [-0.4, -0.2) is 0 Å². The van der Waals surface area contributed by atoms with E-state index in [4.69, 9.17) is 0 Å². The molecule has 21 heavy (non-hydrogen) atoms. The second-order valence-electron chi connectivity index (χ2n) is 6.04. The Kier molecular flexibility index (Phi) is 4.33. The first-order valence-corrected chi connectivity index (χ1v) is 7.28. The number of nitrogens with zero attached hydrogens (tertiary/aromatic N) is 1. The number of rotatable bonds is 4. The molecule has 1 atom stereocenters. The van der Waals surface area contributed by atoms with Crippen LogP contribution in [0.15, 0.2) is 48.5 Å². The third-order valence-electron chi connectivity index (χ3n) is 3.92. The van der Waals surface area contributed by atoms with Crippen LogP contribution < -0.4 is 5.32 Å². The van der Waals surface area contributed by atoms with E-state index in [2.05, 4.69) is 49.5 Å². The molecule has 2 aromatic rings. The van der Waals surface area contributed by atoms with Crippen molar-refractivity contribution in [3.05, 3.63) is 65.2 Å². The Morgan fingerprint density at radius 2 is 1.67 bits per heavy atom. The van der Waals surface area contributed by atoms with Gasteiger partial charge in [0.05, 0.1) is 11.5 Å². The van der Waals surface area contributed by atoms with E-state index < -0.39 is 5.41 Å². The number of hydrogen-bond donors (Lipinski definition) is 1. The molecule has 1 N–H and O–H groups in total. The van der Waals surface area contributed by atoms with Crippen LogP contribution in [0, 0.1) is 18.3 Å². The van der Waals surface area contributed by atoms with Crippen molar-refractivity contribution in [2.75, 3.05) is 5.32 Å². The quantitative estimate of drug-likeness (QED) is 0.857. The van der Waals surface area contributed by atoms with Crippen LogP contribution in [0.2, 0.25) is 0 Å². The summed E-state index contributed by atoms with van der Waals surface area (Å²) in [5, 5.41) is 12.7. The van der Waals surface area contributed by atoms with E-state index in [1.165, 1.54) is 11.1 Å². The molecule has 0 aromatic heterocycles. The van der Waals surface area contributed by atoms with E-state index in [0.29, 0.717) is 0 Å². The molecule has 0 aliphatic carbocycles. The molecule has 0 radical (unpaired) electrons. The summed E-state index contributed by atoms with van der Waals surface area (Å²) in [6.07, 6.45) is 0. The highest BCUT2D eigenvalue weighted by atomic mass is 14.9. The molecule has 2 nitrogen and oxygen atoms in total. The lowest BCUT2D eigenvalue weighted by Crippen LogP contribution is -2.14. The van der Waals surface area contributed by atoms with Gasteiger partial charge >= 0.3 is 0 Å². The standard InChI is InChI=1S/C19H22N2/c1-14-7-5-6-8-18(14)15(2)21-17-11-9-16(10-12-17)19(3,4)13-20/h5-12,15,21H,1-4H3. The Morgan fingerprint density at radius 3 is 2.24 bits per heavy atom. The summed E-state index contributed by atoms with van der Waals surface area (Å²) in [6.45, 7) is 8.16. The molecule has 0 spiro atoms. The highest BCUT2D eigenvalue weighted by Gasteiger charge is 2.19. The van der Waals surface area contributed by atoms with Crippen LogP contribution in [0.3, 0.4) is 0 Å². The van der Waals surface area contributed by atoms with Crippen LogP contribution in [0.4, 0.5) is 5.69 Å². The minimum absolute atomic E-state index is 0.251. The van der Waals surface area contributed by atoms with Gasteiger partial charge < -0.3 is 5.32 Å². The predicted molar refractivity (Wildman–Crippen MR) is 88.3 cm³/mol. The Labute approximate surface area is 127 Å². The van der Waals surface area contributed by atoms with Crippen LogP contribution in [0.5, 0.6) is 0 Å². The largest absolute Gasteiger partial charge is 0.379 e. The smallest absolute Gasteiger partial charge is 0.0766 e. The van der Waals surface area contributed by atoms with Gasteiger partial charge in [-0.25, -0.2) is 0 Å². The Morgan fingerprint density at radius 1 is 1.05 bits per heavy atom. The topological polar surface area (TPSA) is 35.8 Å². The Hall–Kier alpha value is -2.27. The molecule has 108 valence electrons. The van der Waals surface area contributed by atoms with Crippen molar-refractivity contribution in [2.45, 2.75) is 39.2 Å². The van der Waals surface area contributed by atoms with Gasteiger partial charge in [0.2, 0.25) is 0 Å². The lowest BCUT2D eigenvalue weighted by Gasteiger charge is -2.20. The van der Waals surface area contributed by atoms with Crippen LogP contribution in [0.1, 0.15) is 43.5 Å². The maximum atomic E-state index is 9.18. The number of anilines is 1. The zero-order valence-electron chi connectivity index (χ0n) is 13.1. The SMILES string of the molecule is Cc1ccccc1C(C)Nc1ccc(C(C)(C)C#N)cc1. The fourth-order valence-electron chi connectivity index (χ4n) is 2.45. The van der Waals surface area contributed by atoms with E-state index in [1.54, 1.807) is 0 Å². The highest BCUT2D eigenvalue weighted by molar-refractivity contribution is 5.49. The number of nitriles is 1. The molecular formula is C19H22N2. The molecule has 0 saturated heterocycles. The summed E-state index contributed by atoms with van der Waals surface area (Å²) in [6, 6.07) is 19.1. The number of benzene rings is 2. The number of nitrogens with one attached hydrogen (secondary N) is 1. The van der Waals surface area contributed by atoms with Crippen molar-refractivity contribution < 1.29 is 0 Å². The van der Waals surface area contributed by atoms with Crippen molar-refractivity contribution >= 4 is 5.69 Å². The predicted octanol–water partition coefficient (Wildman–Crippen LogP) is 4.97. The van der Waals surface area contributed by atoms with Gasteiger partial charge in [-0.2, -0.15) is 5.26 Å². The molecule has 2 heteroatoms. The average Bonchev–Trinajstić information content (AvgIpc) is 2.48. The lowest BCUT2D eigenvalue weighted by molar-refractivity contribution is 0.687. The molecule has 2 aromatic carbocycles. The average molecular weight is 278 g/mol. The normalized spacial score (nSPS) is 12.5. The van der Waals surface area contributed by atoms with Crippen molar-refractivity contribution in [3.63, 3.8) is 0 Å². The lowest BCUT2D eigenvalue weighted by atomic mass is 9.86. The van der Waals surface area contributed by atoms with E-state index in [-0.39, 0.29) is 6.04 Å². The first-order valence-electron chi connectivity index (χ1n) is 7.28. The Bertz CT molecular complexity index is 648. The van der Waals surface area contributed by atoms with E-state index in [1.807, 2.05) is 38.1 Å². The Balaban J connectivity index is 2.15. The van der Waals surface area contributed by atoms with Crippen molar-refractivity contribution in [2.24, 2.45) is 0 Å². The summed E-state index contributed by atoms with van der Waals surface area (Å²) in [5.74, 6) is 0. The molecule has 2 rings (SSSR count). The first kappa shape index (κ1) is 15.1. The van der Waals surface area contributed by atoms with Gasteiger partial charge in [0.1, 0.15) is 0 Å². The molecular weight excluding hydrogens is 256 g/mol. The van der Waals surface area contributed by atoms with E-state index in [0.717, 1.165) is 11.3 Å². The van der Waals surface area contributed by atoms with Gasteiger partial charge in [0.25, 0.3) is 0 Å². The van der Waals surface area contributed by atoms with Gasteiger partial charge in [-0.15, -0.1) is 0 Å². The second-order valence-corrected chi connectivity index (χ2v) is 6.04. The van der Waals surface area contributed by atoms with Crippen LogP contribution in [-0.2, 0) is 5.41 Å². The maximum absolute atomic E-state index is 9.18. The molecule has 0 bridgehead atoms. The first-order chi connectivity index (χ1) is 9.94. The molecule has 0 aliphatic heterocycles. The second kappa shape index (κ2) is 6.01. The molecule has 0 heterocycles. The minimum atomic E-state index is -0.444. The van der Waals surface area contributed by atoms with Crippen molar-refractivity contribution in [1.82, 2.24) is 0 Å². The third kappa shape index (κ3) is 3.44. The summed E-state index contributed by atoms with van der Waals surface area (Å²) in [4.78, 5) is 0.